The zero-order valence-electron chi connectivity index (χ0n) is 9.71. The Kier molecular flexibility index (Phi) is 3.12. The average molecular weight is 259 g/mol. The maximum Gasteiger partial charge on any atom is 0.144 e. The highest BCUT2D eigenvalue weighted by molar-refractivity contribution is 7.99. The van der Waals surface area contributed by atoms with Gasteiger partial charge in [-0.2, -0.15) is 0 Å². The molecule has 5 nitrogen and oxygen atoms in total. The van der Waals surface area contributed by atoms with Crippen molar-refractivity contribution in [3.8, 4) is 0 Å². The summed E-state index contributed by atoms with van der Waals surface area (Å²) in [4.78, 5) is 14.1. The van der Waals surface area contributed by atoms with Gasteiger partial charge >= 0.3 is 0 Å². The molecule has 2 heterocycles. The standard InChI is InChI=1S/C12H13N5S/c13-17-10-7-11(16-12(15-10)8-1-2-8)18-9-3-5-14-6-4-9/h3-8H,1-2,13H2,(H,15,16,17). The number of hydrogen-bond donors (Lipinski definition) is 2. The van der Waals surface area contributed by atoms with E-state index in [0.717, 1.165) is 15.7 Å². The van der Waals surface area contributed by atoms with E-state index in [-0.39, 0.29) is 0 Å². The fraction of sp³-hybridized carbons (Fsp3) is 0.250. The Hall–Kier alpha value is -1.66. The average Bonchev–Trinajstić information content (AvgIpc) is 3.24. The lowest BCUT2D eigenvalue weighted by atomic mass is 10.4. The minimum absolute atomic E-state index is 0.509. The molecule has 6 heteroatoms. The van der Waals surface area contributed by atoms with Crippen molar-refractivity contribution in [1.82, 2.24) is 15.0 Å². The highest BCUT2D eigenvalue weighted by Gasteiger charge is 2.27. The van der Waals surface area contributed by atoms with Crippen molar-refractivity contribution < 1.29 is 0 Å². The van der Waals surface area contributed by atoms with E-state index < -0.39 is 0 Å². The summed E-state index contributed by atoms with van der Waals surface area (Å²) < 4.78 is 0. The van der Waals surface area contributed by atoms with Gasteiger partial charge in [0.2, 0.25) is 0 Å². The zero-order chi connectivity index (χ0) is 12.4. The topological polar surface area (TPSA) is 76.7 Å². The number of pyridine rings is 1. The van der Waals surface area contributed by atoms with Gasteiger partial charge in [0.1, 0.15) is 16.7 Å². The molecule has 0 bridgehead atoms. The van der Waals surface area contributed by atoms with Crippen LogP contribution in [0.2, 0.25) is 0 Å². The Bertz CT molecular complexity index is 541. The lowest BCUT2D eigenvalue weighted by molar-refractivity contribution is 0.878. The summed E-state index contributed by atoms with van der Waals surface area (Å²) in [5, 5.41) is 0.908. The van der Waals surface area contributed by atoms with E-state index in [9.17, 15) is 0 Å². The summed E-state index contributed by atoms with van der Waals surface area (Å²) >= 11 is 1.59. The highest BCUT2D eigenvalue weighted by Crippen LogP contribution is 2.39. The van der Waals surface area contributed by atoms with Crippen molar-refractivity contribution >= 4 is 17.6 Å². The second-order valence-corrected chi connectivity index (χ2v) is 5.25. The number of aromatic nitrogens is 3. The van der Waals surface area contributed by atoms with E-state index >= 15 is 0 Å². The number of nitrogens with one attached hydrogen (secondary N) is 1. The van der Waals surface area contributed by atoms with Gasteiger partial charge in [0.25, 0.3) is 0 Å². The Morgan fingerprint density at radius 1 is 1.22 bits per heavy atom. The Labute approximate surface area is 109 Å². The monoisotopic (exact) mass is 259 g/mol. The molecule has 0 atom stereocenters. The van der Waals surface area contributed by atoms with Gasteiger partial charge in [0.05, 0.1) is 0 Å². The fourth-order valence-corrected chi connectivity index (χ4v) is 2.43. The summed E-state index contributed by atoms with van der Waals surface area (Å²) in [5.74, 6) is 7.51. The van der Waals surface area contributed by atoms with Crippen LogP contribution in [0.3, 0.4) is 0 Å². The van der Waals surface area contributed by atoms with Gasteiger partial charge in [-0.15, -0.1) is 0 Å². The van der Waals surface area contributed by atoms with Crippen molar-refractivity contribution in [2.45, 2.75) is 28.7 Å². The van der Waals surface area contributed by atoms with Gasteiger partial charge < -0.3 is 5.43 Å². The van der Waals surface area contributed by atoms with E-state index in [0.29, 0.717) is 11.7 Å². The van der Waals surface area contributed by atoms with Crippen LogP contribution in [0.4, 0.5) is 5.82 Å². The van der Waals surface area contributed by atoms with E-state index in [1.807, 2.05) is 18.2 Å². The third-order valence-electron chi connectivity index (χ3n) is 2.68. The van der Waals surface area contributed by atoms with Crippen LogP contribution in [0.5, 0.6) is 0 Å². The van der Waals surface area contributed by atoms with Gasteiger partial charge in [-0.05, 0) is 25.0 Å². The summed E-state index contributed by atoms with van der Waals surface area (Å²) in [6.07, 6.45) is 5.89. The maximum atomic E-state index is 5.44. The van der Waals surface area contributed by atoms with Crippen LogP contribution in [0.25, 0.3) is 0 Å². The predicted molar refractivity (Wildman–Crippen MR) is 70.2 cm³/mol. The molecule has 0 aromatic carbocycles. The Morgan fingerprint density at radius 3 is 2.67 bits per heavy atom. The number of nitrogen functional groups attached to an aromatic ring is 1. The first-order valence-electron chi connectivity index (χ1n) is 5.78. The van der Waals surface area contributed by atoms with E-state index in [2.05, 4.69) is 20.4 Å². The minimum Gasteiger partial charge on any atom is -0.308 e. The molecule has 0 saturated heterocycles. The first-order chi connectivity index (χ1) is 8.85. The van der Waals surface area contributed by atoms with Gasteiger partial charge in [-0.3, -0.25) is 4.98 Å². The van der Waals surface area contributed by atoms with Crippen LogP contribution in [-0.2, 0) is 0 Å². The molecular formula is C12H13N5S. The molecule has 3 N–H and O–H groups in total. The molecule has 1 aliphatic carbocycles. The van der Waals surface area contributed by atoms with Crippen LogP contribution < -0.4 is 11.3 Å². The Morgan fingerprint density at radius 2 is 2.00 bits per heavy atom. The molecule has 1 fully saturated rings. The zero-order valence-corrected chi connectivity index (χ0v) is 10.5. The quantitative estimate of drug-likeness (QED) is 0.498. The van der Waals surface area contributed by atoms with E-state index in [1.54, 1.807) is 24.2 Å². The SMILES string of the molecule is NNc1cc(Sc2ccncc2)nc(C2CC2)n1. The number of rotatable bonds is 4. The molecule has 0 aliphatic heterocycles. The van der Waals surface area contributed by atoms with Gasteiger partial charge in [-0.25, -0.2) is 15.8 Å². The molecule has 92 valence electrons. The molecule has 18 heavy (non-hydrogen) atoms. The normalized spacial score (nSPS) is 14.5. The molecule has 2 aromatic heterocycles. The first-order valence-corrected chi connectivity index (χ1v) is 6.60. The lowest BCUT2D eigenvalue weighted by Gasteiger charge is -2.06. The molecule has 3 rings (SSSR count). The van der Waals surface area contributed by atoms with Crippen molar-refractivity contribution in [1.29, 1.82) is 0 Å². The van der Waals surface area contributed by atoms with Gasteiger partial charge in [0, 0.05) is 29.3 Å². The molecule has 1 saturated carbocycles. The van der Waals surface area contributed by atoms with E-state index in [1.165, 1.54) is 12.8 Å². The Balaban J connectivity index is 1.88. The molecule has 0 amide bonds. The summed E-state index contributed by atoms with van der Waals surface area (Å²) in [7, 11) is 0. The molecule has 1 aliphatic rings. The number of hydrogen-bond acceptors (Lipinski definition) is 6. The van der Waals surface area contributed by atoms with Crippen molar-refractivity contribution in [3.05, 3.63) is 36.4 Å². The second kappa shape index (κ2) is 4.91. The molecule has 0 radical (unpaired) electrons. The second-order valence-electron chi connectivity index (χ2n) is 4.15. The smallest absolute Gasteiger partial charge is 0.144 e. The van der Waals surface area contributed by atoms with Crippen molar-refractivity contribution in [3.63, 3.8) is 0 Å². The van der Waals surface area contributed by atoms with Gasteiger partial charge in [-0.1, -0.05) is 11.8 Å². The molecule has 0 spiro atoms. The largest absolute Gasteiger partial charge is 0.308 e. The fourth-order valence-electron chi connectivity index (χ4n) is 1.62. The van der Waals surface area contributed by atoms with Gasteiger partial charge in [0.15, 0.2) is 0 Å². The summed E-state index contributed by atoms with van der Waals surface area (Å²) in [6, 6.07) is 5.77. The van der Waals surface area contributed by atoms with Crippen LogP contribution >= 0.6 is 11.8 Å². The number of nitrogens with two attached hydrogens (primary N) is 1. The van der Waals surface area contributed by atoms with Crippen LogP contribution in [0.15, 0.2) is 40.5 Å². The molecule has 0 unspecified atom stereocenters. The third kappa shape index (κ3) is 2.60. The predicted octanol–water partition coefficient (Wildman–Crippen LogP) is 2.19. The number of nitrogens with zero attached hydrogens (tertiary/aromatic N) is 3. The minimum atomic E-state index is 0.509. The number of hydrazine groups is 1. The number of anilines is 1. The third-order valence-corrected chi connectivity index (χ3v) is 3.61. The molecular weight excluding hydrogens is 246 g/mol. The molecule has 2 aromatic rings. The van der Waals surface area contributed by atoms with Crippen LogP contribution in [0, 0.1) is 0 Å². The van der Waals surface area contributed by atoms with Crippen molar-refractivity contribution in [2.75, 3.05) is 5.43 Å². The highest BCUT2D eigenvalue weighted by atomic mass is 32.2. The van der Waals surface area contributed by atoms with Crippen LogP contribution in [0.1, 0.15) is 24.6 Å². The maximum absolute atomic E-state index is 5.44. The summed E-state index contributed by atoms with van der Waals surface area (Å²) in [6.45, 7) is 0. The van der Waals surface area contributed by atoms with Crippen molar-refractivity contribution in [2.24, 2.45) is 5.84 Å². The first kappa shape index (κ1) is 11.4. The van der Waals surface area contributed by atoms with Crippen LogP contribution in [-0.4, -0.2) is 15.0 Å². The lowest BCUT2D eigenvalue weighted by Crippen LogP contribution is -2.10. The van der Waals surface area contributed by atoms with E-state index in [4.69, 9.17) is 5.84 Å². The summed E-state index contributed by atoms with van der Waals surface area (Å²) in [5.41, 5.74) is 2.60.